The normalized spacial score (nSPS) is 10.4. The van der Waals surface area contributed by atoms with E-state index >= 15 is 0 Å². The van der Waals surface area contributed by atoms with Gasteiger partial charge in [0.05, 0.1) is 20.3 Å². The van der Waals surface area contributed by atoms with Crippen molar-refractivity contribution in [3.05, 3.63) is 65.2 Å². The molecule has 0 heterocycles. The molecule has 0 saturated heterocycles. The van der Waals surface area contributed by atoms with Gasteiger partial charge in [0.2, 0.25) is 0 Å². The maximum Gasteiger partial charge on any atom is 0.123 e. The van der Waals surface area contributed by atoms with Crippen molar-refractivity contribution in [3.63, 3.8) is 0 Å². The summed E-state index contributed by atoms with van der Waals surface area (Å²) in [7, 11) is 1.65. The first-order valence-electron chi connectivity index (χ1n) is 6.31. The summed E-state index contributed by atoms with van der Waals surface area (Å²) in [6.45, 7) is 1.66. The summed E-state index contributed by atoms with van der Waals surface area (Å²) >= 11 is 0. The molecule has 2 aromatic carbocycles. The molecule has 2 rings (SSSR count). The van der Waals surface area contributed by atoms with Crippen LogP contribution in [-0.4, -0.2) is 7.11 Å². The molecule has 0 fully saturated rings. The van der Waals surface area contributed by atoms with E-state index < -0.39 is 0 Å². The Morgan fingerprint density at radius 1 is 0.947 bits per heavy atom. The Bertz CT molecular complexity index is 511. The average molecular weight is 257 g/mol. The number of ether oxygens (including phenoxy) is 2. The lowest BCUT2D eigenvalue weighted by Crippen LogP contribution is -2.02. The van der Waals surface area contributed by atoms with Crippen molar-refractivity contribution in [3.8, 4) is 5.75 Å². The van der Waals surface area contributed by atoms with Crippen molar-refractivity contribution in [2.45, 2.75) is 19.8 Å². The Morgan fingerprint density at radius 2 is 1.68 bits per heavy atom. The monoisotopic (exact) mass is 257 g/mol. The number of hydrogen-bond donors (Lipinski definition) is 1. The van der Waals surface area contributed by atoms with Crippen LogP contribution in [0.3, 0.4) is 0 Å². The maximum atomic E-state index is 5.70. The second-order valence-electron chi connectivity index (χ2n) is 4.33. The number of nitrogens with two attached hydrogens (primary N) is 1. The van der Waals surface area contributed by atoms with E-state index in [1.54, 1.807) is 7.11 Å². The van der Waals surface area contributed by atoms with Gasteiger partial charge >= 0.3 is 0 Å². The van der Waals surface area contributed by atoms with E-state index in [1.165, 1.54) is 5.56 Å². The van der Waals surface area contributed by atoms with Crippen LogP contribution in [0.1, 0.15) is 16.7 Å². The van der Waals surface area contributed by atoms with Crippen molar-refractivity contribution in [2.75, 3.05) is 7.11 Å². The second-order valence-corrected chi connectivity index (χ2v) is 4.33. The third-order valence-electron chi connectivity index (χ3n) is 2.95. The molecule has 2 aromatic rings. The molecule has 0 bridgehead atoms. The van der Waals surface area contributed by atoms with Crippen LogP contribution in [0.25, 0.3) is 0 Å². The molecule has 100 valence electrons. The van der Waals surface area contributed by atoms with Gasteiger partial charge in [-0.15, -0.1) is 0 Å². The van der Waals surface area contributed by atoms with Crippen molar-refractivity contribution < 1.29 is 9.47 Å². The molecule has 0 aliphatic rings. The maximum absolute atomic E-state index is 5.70. The number of benzene rings is 2. The van der Waals surface area contributed by atoms with Gasteiger partial charge in [-0.3, -0.25) is 0 Å². The first kappa shape index (κ1) is 13.6. The lowest BCUT2D eigenvalue weighted by molar-refractivity contribution is 0.107. The predicted octanol–water partition coefficient (Wildman–Crippen LogP) is 2.87. The van der Waals surface area contributed by atoms with Crippen molar-refractivity contribution in [1.29, 1.82) is 0 Å². The number of rotatable bonds is 6. The second kappa shape index (κ2) is 6.92. The summed E-state index contributed by atoms with van der Waals surface area (Å²) in [6.07, 6.45) is 0. The molecular weight excluding hydrogens is 238 g/mol. The zero-order valence-corrected chi connectivity index (χ0v) is 11.1. The van der Waals surface area contributed by atoms with Gasteiger partial charge in [0, 0.05) is 12.1 Å². The van der Waals surface area contributed by atoms with Crippen LogP contribution in [0, 0.1) is 0 Å². The van der Waals surface area contributed by atoms with E-state index in [2.05, 4.69) is 12.1 Å². The summed E-state index contributed by atoms with van der Waals surface area (Å²) < 4.78 is 10.9. The molecule has 2 N–H and O–H groups in total. The van der Waals surface area contributed by atoms with Gasteiger partial charge in [0.15, 0.2) is 0 Å². The highest BCUT2D eigenvalue weighted by molar-refractivity contribution is 5.36. The molecular formula is C16H19NO2. The van der Waals surface area contributed by atoms with Crippen LogP contribution in [0.4, 0.5) is 0 Å². The Morgan fingerprint density at radius 3 is 2.37 bits per heavy atom. The minimum Gasteiger partial charge on any atom is -0.496 e. The van der Waals surface area contributed by atoms with Crippen LogP contribution in [0.2, 0.25) is 0 Å². The van der Waals surface area contributed by atoms with Gasteiger partial charge < -0.3 is 15.2 Å². The van der Waals surface area contributed by atoms with Gasteiger partial charge in [-0.2, -0.15) is 0 Å². The highest BCUT2D eigenvalue weighted by Gasteiger charge is 2.03. The predicted molar refractivity (Wildman–Crippen MR) is 75.8 cm³/mol. The summed E-state index contributed by atoms with van der Waals surface area (Å²) in [5.41, 5.74) is 8.98. The van der Waals surface area contributed by atoms with Crippen molar-refractivity contribution >= 4 is 0 Å². The van der Waals surface area contributed by atoms with Gasteiger partial charge in [-0.25, -0.2) is 0 Å². The fourth-order valence-electron chi connectivity index (χ4n) is 1.94. The standard InChI is InChI=1S/C16H19NO2/c1-18-16-8-7-14(9-15(16)10-17)12-19-11-13-5-3-2-4-6-13/h2-9H,10-12,17H2,1H3. The molecule has 19 heavy (non-hydrogen) atoms. The van der Waals surface area contributed by atoms with Crippen molar-refractivity contribution in [1.82, 2.24) is 0 Å². The Hall–Kier alpha value is -1.84. The van der Waals surface area contributed by atoms with Crippen LogP contribution >= 0.6 is 0 Å². The SMILES string of the molecule is COc1ccc(COCc2ccccc2)cc1CN. The van der Waals surface area contributed by atoms with E-state index in [4.69, 9.17) is 15.2 Å². The highest BCUT2D eigenvalue weighted by atomic mass is 16.5. The lowest BCUT2D eigenvalue weighted by Gasteiger charge is -2.10. The van der Waals surface area contributed by atoms with E-state index in [0.29, 0.717) is 19.8 Å². The summed E-state index contributed by atoms with van der Waals surface area (Å²) in [5, 5.41) is 0. The summed E-state index contributed by atoms with van der Waals surface area (Å²) in [4.78, 5) is 0. The van der Waals surface area contributed by atoms with Crippen molar-refractivity contribution in [2.24, 2.45) is 5.73 Å². The van der Waals surface area contributed by atoms with Crippen LogP contribution < -0.4 is 10.5 Å². The fourth-order valence-corrected chi connectivity index (χ4v) is 1.94. The van der Waals surface area contributed by atoms with E-state index in [9.17, 15) is 0 Å². The Labute approximate surface area is 114 Å². The summed E-state index contributed by atoms with van der Waals surface area (Å²) in [5.74, 6) is 0.828. The minimum atomic E-state index is 0.468. The average Bonchev–Trinajstić information content (AvgIpc) is 2.48. The molecule has 3 nitrogen and oxygen atoms in total. The topological polar surface area (TPSA) is 44.5 Å². The molecule has 0 saturated carbocycles. The van der Waals surface area contributed by atoms with Crippen LogP contribution in [0.5, 0.6) is 5.75 Å². The first-order valence-corrected chi connectivity index (χ1v) is 6.31. The zero-order valence-electron chi connectivity index (χ0n) is 11.1. The molecule has 0 aliphatic carbocycles. The molecule has 0 spiro atoms. The molecule has 0 aromatic heterocycles. The zero-order chi connectivity index (χ0) is 13.5. The largest absolute Gasteiger partial charge is 0.496 e. The quantitative estimate of drug-likeness (QED) is 0.865. The Balaban J connectivity index is 1.93. The molecule has 0 amide bonds. The van der Waals surface area contributed by atoms with Crippen LogP contribution in [0.15, 0.2) is 48.5 Å². The van der Waals surface area contributed by atoms with E-state index in [0.717, 1.165) is 16.9 Å². The van der Waals surface area contributed by atoms with Gasteiger partial charge in [0.25, 0.3) is 0 Å². The first-order chi connectivity index (χ1) is 9.33. The molecule has 0 atom stereocenters. The Kier molecular flexibility index (Phi) is 4.95. The molecule has 0 unspecified atom stereocenters. The fraction of sp³-hybridized carbons (Fsp3) is 0.250. The molecule has 3 heteroatoms. The highest BCUT2D eigenvalue weighted by Crippen LogP contribution is 2.19. The van der Waals surface area contributed by atoms with Crippen LogP contribution in [-0.2, 0) is 24.5 Å². The number of hydrogen-bond acceptors (Lipinski definition) is 3. The van der Waals surface area contributed by atoms with E-state index in [1.807, 2.05) is 36.4 Å². The molecule has 0 radical (unpaired) electrons. The smallest absolute Gasteiger partial charge is 0.123 e. The lowest BCUT2D eigenvalue weighted by atomic mass is 10.1. The summed E-state index contributed by atoms with van der Waals surface area (Å²) in [6, 6.07) is 16.1. The van der Waals surface area contributed by atoms with Gasteiger partial charge in [-0.1, -0.05) is 36.4 Å². The number of methoxy groups -OCH3 is 1. The third kappa shape index (κ3) is 3.81. The van der Waals surface area contributed by atoms with Gasteiger partial charge in [-0.05, 0) is 23.3 Å². The molecule has 0 aliphatic heterocycles. The third-order valence-corrected chi connectivity index (χ3v) is 2.95. The minimum absolute atomic E-state index is 0.468. The van der Waals surface area contributed by atoms with Gasteiger partial charge in [0.1, 0.15) is 5.75 Å². The van der Waals surface area contributed by atoms with E-state index in [-0.39, 0.29) is 0 Å².